The van der Waals surface area contributed by atoms with Crippen LogP contribution in [0.15, 0.2) is 22.8 Å². The zero-order chi connectivity index (χ0) is 17.4. The molecule has 6 heteroatoms. The lowest BCUT2D eigenvalue weighted by Gasteiger charge is -2.28. The highest BCUT2D eigenvalue weighted by Crippen LogP contribution is 2.16. The molecule has 1 atom stereocenters. The van der Waals surface area contributed by atoms with E-state index in [0.717, 1.165) is 38.1 Å². The van der Waals surface area contributed by atoms with Crippen LogP contribution in [0, 0.1) is 0 Å². The molecule has 1 aromatic rings. The number of hydrogen-bond donors (Lipinski definition) is 0. The average Bonchev–Trinajstić information content (AvgIpc) is 3.24. The van der Waals surface area contributed by atoms with Gasteiger partial charge in [-0.05, 0) is 31.4 Å². The van der Waals surface area contributed by atoms with E-state index in [9.17, 15) is 9.59 Å². The van der Waals surface area contributed by atoms with Gasteiger partial charge in [-0.3, -0.25) is 9.59 Å². The molecular weight excluding hydrogens is 308 g/mol. The number of hydrogen-bond acceptors (Lipinski definition) is 4. The van der Waals surface area contributed by atoms with Gasteiger partial charge in [0.2, 0.25) is 11.8 Å². The molecule has 0 aliphatic carbocycles. The zero-order valence-electron chi connectivity index (χ0n) is 14.7. The fourth-order valence-corrected chi connectivity index (χ4v) is 2.84. The van der Waals surface area contributed by atoms with E-state index in [0.29, 0.717) is 19.6 Å². The van der Waals surface area contributed by atoms with Gasteiger partial charge in [0.15, 0.2) is 0 Å². The Morgan fingerprint density at radius 2 is 2.17 bits per heavy atom. The maximum atomic E-state index is 12.8. The standard InChI is InChI=1S/C18H28N2O4/c1-3-4-9-19(15(2)21)14-18(22)20(12-16-7-5-10-23-16)13-17-8-6-11-24-17/h5,7,10,17H,3-4,6,8-9,11-14H2,1-2H3/t17-/m0/s1. The van der Waals surface area contributed by atoms with Crippen molar-refractivity contribution in [2.75, 3.05) is 26.2 Å². The van der Waals surface area contributed by atoms with Gasteiger partial charge >= 0.3 is 0 Å². The molecule has 1 saturated heterocycles. The van der Waals surface area contributed by atoms with Gasteiger partial charge in [-0.1, -0.05) is 13.3 Å². The Kier molecular flexibility index (Phi) is 7.31. The van der Waals surface area contributed by atoms with Crippen molar-refractivity contribution >= 4 is 11.8 Å². The van der Waals surface area contributed by atoms with Crippen LogP contribution in [-0.4, -0.2) is 54.0 Å². The molecule has 0 radical (unpaired) electrons. The second-order valence-electron chi connectivity index (χ2n) is 6.28. The van der Waals surface area contributed by atoms with Gasteiger partial charge in [0.25, 0.3) is 0 Å². The number of carbonyl (C=O) groups is 2. The highest BCUT2D eigenvalue weighted by atomic mass is 16.5. The topological polar surface area (TPSA) is 63.0 Å². The van der Waals surface area contributed by atoms with Gasteiger partial charge in [0.1, 0.15) is 5.76 Å². The molecule has 1 aliphatic rings. The largest absolute Gasteiger partial charge is 0.467 e. The third kappa shape index (κ3) is 5.67. The Morgan fingerprint density at radius 1 is 1.33 bits per heavy atom. The Balaban J connectivity index is 1.99. The quantitative estimate of drug-likeness (QED) is 0.695. The maximum Gasteiger partial charge on any atom is 0.242 e. The lowest BCUT2D eigenvalue weighted by Crippen LogP contribution is -2.44. The summed E-state index contributed by atoms with van der Waals surface area (Å²) in [4.78, 5) is 27.9. The van der Waals surface area contributed by atoms with Crippen molar-refractivity contribution in [3.63, 3.8) is 0 Å². The molecule has 1 fully saturated rings. The highest BCUT2D eigenvalue weighted by molar-refractivity contribution is 5.83. The van der Waals surface area contributed by atoms with E-state index in [1.807, 2.05) is 12.1 Å². The van der Waals surface area contributed by atoms with Crippen LogP contribution >= 0.6 is 0 Å². The van der Waals surface area contributed by atoms with Crippen molar-refractivity contribution in [1.82, 2.24) is 9.80 Å². The first-order valence-corrected chi connectivity index (χ1v) is 8.77. The van der Waals surface area contributed by atoms with Gasteiger partial charge in [0.05, 0.1) is 25.5 Å². The van der Waals surface area contributed by atoms with Crippen molar-refractivity contribution in [1.29, 1.82) is 0 Å². The lowest BCUT2D eigenvalue weighted by atomic mass is 10.2. The molecule has 0 unspecified atom stereocenters. The summed E-state index contributed by atoms with van der Waals surface area (Å²) in [6.45, 7) is 6.02. The fraction of sp³-hybridized carbons (Fsp3) is 0.667. The van der Waals surface area contributed by atoms with Gasteiger partial charge in [0, 0.05) is 26.6 Å². The van der Waals surface area contributed by atoms with Gasteiger partial charge in [-0.25, -0.2) is 0 Å². The summed E-state index contributed by atoms with van der Waals surface area (Å²) in [5.74, 6) is 0.615. The molecule has 6 nitrogen and oxygen atoms in total. The number of rotatable bonds is 9. The first-order chi connectivity index (χ1) is 11.6. The molecule has 1 aromatic heterocycles. The summed E-state index contributed by atoms with van der Waals surface area (Å²) in [5.41, 5.74) is 0. The Labute approximate surface area is 143 Å². The zero-order valence-corrected chi connectivity index (χ0v) is 14.7. The molecule has 2 rings (SSSR count). The molecule has 2 amide bonds. The number of furan rings is 1. The lowest BCUT2D eigenvalue weighted by molar-refractivity contribution is -0.141. The van der Waals surface area contributed by atoms with Crippen molar-refractivity contribution in [2.45, 2.75) is 52.2 Å². The number of amides is 2. The average molecular weight is 336 g/mol. The normalized spacial score (nSPS) is 17.0. The molecule has 0 saturated carbocycles. The number of ether oxygens (including phenoxy) is 1. The minimum absolute atomic E-state index is 0.0618. The second-order valence-corrected chi connectivity index (χ2v) is 6.28. The summed E-state index contributed by atoms with van der Waals surface area (Å²) < 4.78 is 11.0. The van der Waals surface area contributed by atoms with Crippen LogP contribution in [0.25, 0.3) is 0 Å². The van der Waals surface area contributed by atoms with E-state index in [-0.39, 0.29) is 24.5 Å². The predicted octanol–water partition coefficient (Wildman–Crippen LogP) is 2.44. The van der Waals surface area contributed by atoms with E-state index in [1.54, 1.807) is 16.1 Å². The number of carbonyl (C=O) groups excluding carboxylic acids is 2. The molecular formula is C18H28N2O4. The first kappa shape index (κ1) is 18.5. The summed E-state index contributed by atoms with van der Waals surface area (Å²) in [6, 6.07) is 3.67. The monoisotopic (exact) mass is 336 g/mol. The van der Waals surface area contributed by atoms with Crippen LogP contribution in [0.1, 0.15) is 45.3 Å². The maximum absolute atomic E-state index is 12.8. The van der Waals surface area contributed by atoms with Gasteiger partial charge in [-0.2, -0.15) is 0 Å². The summed E-state index contributed by atoms with van der Waals surface area (Å²) in [5, 5.41) is 0. The van der Waals surface area contributed by atoms with Crippen LogP contribution in [0.2, 0.25) is 0 Å². The third-order valence-electron chi connectivity index (χ3n) is 4.28. The Morgan fingerprint density at radius 3 is 2.75 bits per heavy atom. The van der Waals surface area contributed by atoms with Crippen LogP contribution < -0.4 is 0 Å². The van der Waals surface area contributed by atoms with E-state index in [4.69, 9.17) is 9.15 Å². The molecule has 0 spiro atoms. The molecule has 0 aromatic carbocycles. The van der Waals surface area contributed by atoms with E-state index in [2.05, 4.69) is 6.92 Å². The van der Waals surface area contributed by atoms with Crippen molar-refractivity contribution in [3.8, 4) is 0 Å². The van der Waals surface area contributed by atoms with Crippen LogP contribution in [-0.2, 0) is 20.9 Å². The van der Waals surface area contributed by atoms with Crippen molar-refractivity contribution < 1.29 is 18.7 Å². The molecule has 2 heterocycles. The summed E-state index contributed by atoms with van der Waals surface area (Å²) >= 11 is 0. The number of nitrogens with zero attached hydrogens (tertiary/aromatic N) is 2. The van der Waals surface area contributed by atoms with Crippen molar-refractivity contribution in [2.24, 2.45) is 0 Å². The van der Waals surface area contributed by atoms with E-state index in [1.165, 1.54) is 6.92 Å². The summed E-state index contributed by atoms with van der Waals surface area (Å²) in [6.07, 6.45) is 5.57. The molecule has 0 N–H and O–H groups in total. The third-order valence-corrected chi connectivity index (χ3v) is 4.28. The SMILES string of the molecule is CCCCN(CC(=O)N(Cc1ccco1)C[C@@H]1CCCO1)C(C)=O. The molecule has 0 bridgehead atoms. The smallest absolute Gasteiger partial charge is 0.242 e. The first-order valence-electron chi connectivity index (χ1n) is 8.77. The Hall–Kier alpha value is -1.82. The Bertz CT molecular complexity index is 509. The van der Waals surface area contributed by atoms with Gasteiger partial charge in [-0.15, -0.1) is 0 Å². The molecule has 1 aliphatic heterocycles. The minimum atomic E-state index is -0.0631. The fourth-order valence-electron chi connectivity index (χ4n) is 2.84. The molecule has 134 valence electrons. The van der Waals surface area contributed by atoms with E-state index < -0.39 is 0 Å². The van der Waals surface area contributed by atoms with Crippen LogP contribution in [0.5, 0.6) is 0 Å². The van der Waals surface area contributed by atoms with Crippen LogP contribution in [0.3, 0.4) is 0 Å². The van der Waals surface area contributed by atoms with Crippen LogP contribution in [0.4, 0.5) is 0 Å². The van der Waals surface area contributed by atoms with E-state index >= 15 is 0 Å². The van der Waals surface area contributed by atoms with Crippen molar-refractivity contribution in [3.05, 3.63) is 24.2 Å². The second kappa shape index (κ2) is 9.47. The van der Waals surface area contributed by atoms with Gasteiger partial charge < -0.3 is 19.0 Å². The summed E-state index contributed by atoms with van der Waals surface area (Å²) in [7, 11) is 0. The number of unbranched alkanes of at least 4 members (excludes halogenated alkanes) is 1. The molecule has 24 heavy (non-hydrogen) atoms. The minimum Gasteiger partial charge on any atom is -0.467 e. The predicted molar refractivity (Wildman–Crippen MR) is 90.3 cm³/mol. The highest BCUT2D eigenvalue weighted by Gasteiger charge is 2.25.